The largest absolute Gasteiger partial charge is 0.479 e. The molecule has 0 spiro atoms. The first-order chi connectivity index (χ1) is 9.08. The van der Waals surface area contributed by atoms with Crippen LogP contribution in [0, 0.1) is 6.92 Å². The molecule has 0 bridgehead atoms. The van der Waals surface area contributed by atoms with Gasteiger partial charge < -0.3 is 14.8 Å². The summed E-state index contributed by atoms with van der Waals surface area (Å²) < 4.78 is 5.02. The first-order valence-corrected chi connectivity index (χ1v) is 5.71. The Kier molecular flexibility index (Phi) is 3.66. The van der Waals surface area contributed by atoms with Crippen LogP contribution in [0.1, 0.15) is 27.7 Å². The van der Waals surface area contributed by atoms with E-state index in [0.717, 1.165) is 5.56 Å². The van der Waals surface area contributed by atoms with Crippen molar-refractivity contribution in [2.24, 2.45) is 0 Å². The molecule has 19 heavy (non-hydrogen) atoms. The summed E-state index contributed by atoms with van der Waals surface area (Å²) in [6, 6.07) is 8.76. The van der Waals surface area contributed by atoms with Crippen molar-refractivity contribution in [3.63, 3.8) is 0 Å². The third-order valence-electron chi connectivity index (χ3n) is 2.66. The van der Waals surface area contributed by atoms with Gasteiger partial charge in [0.1, 0.15) is 5.76 Å². The molecule has 0 aliphatic carbocycles. The molecule has 1 atom stereocenters. The maximum atomic E-state index is 11.9. The van der Waals surface area contributed by atoms with E-state index in [2.05, 4.69) is 5.32 Å². The molecule has 1 amide bonds. The summed E-state index contributed by atoms with van der Waals surface area (Å²) in [4.78, 5) is 23.1. The van der Waals surface area contributed by atoms with Crippen LogP contribution in [0.2, 0.25) is 0 Å². The van der Waals surface area contributed by atoms with Crippen molar-refractivity contribution in [1.82, 2.24) is 5.32 Å². The molecule has 5 nitrogen and oxygen atoms in total. The summed E-state index contributed by atoms with van der Waals surface area (Å²) in [6.07, 6.45) is 1.36. The number of carboxylic acids is 1. The second-order valence-electron chi connectivity index (χ2n) is 4.13. The van der Waals surface area contributed by atoms with Gasteiger partial charge >= 0.3 is 5.97 Å². The first-order valence-electron chi connectivity index (χ1n) is 5.71. The van der Waals surface area contributed by atoms with Gasteiger partial charge in [-0.3, -0.25) is 4.79 Å². The van der Waals surface area contributed by atoms with Gasteiger partial charge in [-0.25, -0.2) is 4.79 Å². The van der Waals surface area contributed by atoms with E-state index in [0.29, 0.717) is 5.56 Å². The van der Waals surface area contributed by atoms with Crippen molar-refractivity contribution in [1.29, 1.82) is 0 Å². The summed E-state index contributed by atoms with van der Waals surface area (Å²) >= 11 is 0. The average Bonchev–Trinajstić information content (AvgIpc) is 2.89. The Labute approximate surface area is 109 Å². The van der Waals surface area contributed by atoms with Crippen LogP contribution >= 0.6 is 0 Å². The van der Waals surface area contributed by atoms with E-state index in [1.807, 2.05) is 6.92 Å². The molecule has 0 aliphatic rings. The van der Waals surface area contributed by atoms with E-state index in [-0.39, 0.29) is 5.76 Å². The van der Waals surface area contributed by atoms with Gasteiger partial charge in [0.05, 0.1) is 6.26 Å². The highest BCUT2D eigenvalue weighted by molar-refractivity contribution is 5.96. The van der Waals surface area contributed by atoms with Crippen LogP contribution in [-0.4, -0.2) is 17.0 Å². The SMILES string of the molecule is Cc1ccc(C(=O)NC(C(=O)O)c2ccco2)cc1. The van der Waals surface area contributed by atoms with Crippen LogP contribution in [0.15, 0.2) is 47.1 Å². The third kappa shape index (κ3) is 3.01. The zero-order valence-corrected chi connectivity index (χ0v) is 10.3. The number of amides is 1. The zero-order chi connectivity index (χ0) is 13.8. The first kappa shape index (κ1) is 12.9. The molecule has 2 aromatic rings. The van der Waals surface area contributed by atoms with E-state index in [4.69, 9.17) is 9.52 Å². The fourth-order valence-electron chi connectivity index (χ4n) is 1.63. The number of rotatable bonds is 4. The molecule has 0 saturated heterocycles. The van der Waals surface area contributed by atoms with Gasteiger partial charge in [-0.05, 0) is 31.2 Å². The molecule has 0 fully saturated rings. The normalized spacial score (nSPS) is 11.8. The molecule has 5 heteroatoms. The number of furan rings is 1. The van der Waals surface area contributed by atoms with Crippen molar-refractivity contribution < 1.29 is 19.1 Å². The maximum absolute atomic E-state index is 11.9. The number of hydrogen-bond acceptors (Lipinski definition) is 3. The van der Waals surface area contributed by atoms with E-state index in [1.165, 1.54) is 12.3 Å². The number of aliphatic carboxylic acids is 1. The standard InChI is InChI=1S/C14H13NO4/c1-9-4-6-10(7-5-9)13(16)15-12(14(17)18)11-3-2-8-19-11/h2-8,12H,1H3,(H,15,16)(H,17,18). The molecule has 0 radical (unpaired) electrons. The summed E-state index contributed by atoms with van der Waals surface area (Å²) in [6.45, 7) is 1.91. The van der Waals surface area contributed by atoms with Crippen LogP contribution in [0.4, 0.5) is 0 Å². The summed E-state index contributed by atoms with van der Waals surface area (Å²) in [5, 5.41) is 11.5. The second kappa shape index (κ2) is 5.39. The lowest BCUT2D eigenvalue weighted by molar-refractivity contribution is -0.139. The minimum atomic E-state index is -1.19. The maximum Gasteiger partial charge on any atom is 0.334 e. The van der Waals surface area contributed by atoms with Gasteiger partial charge in [-0.2, -0.15) is 0 Å². The minimum absolute atomic E-state index is 0.188. The number of aryl methyl sites for hydroxylation is 1. The van der Waals surface area contributed by atoms with E-state index >= 15 is 0 Å². The van der Waals surface area contributed by atoms with Crippen molar-refractivity contribution in [2.75, 3.05) is 0 Å². The Bertz CT molecular complexity index is 572. The molecule has 2 N–H and O–H groups in total. The highest BCUT2D eigenvalue weighted by atomic mass is 16.4. The molecule has 2 rings (SSSR count). The fourth-order valence-corrected chi connectivity index (χ4v) is 1.63. The lowest BCUT2D eigenvalue weighted by Gasteiger charge is -2.12. The number of carboxylic acid groups (broad SMARTS) is 1. The molecular formula is C14H13NO4. The third-order valence-corrected chi connectivity index (χ3v) is 2.66. The van der Waals surface area contributed by atoms with Crippen molar-refractivity contribution in [2.45, 2.75) is 13.0 Å². The topological polar surface area (TPSA) is 79.5 Å². The summed E-state index contributed by atoms with van der Waals surface area (Å²) in [5.41, 5.74) is 1.43. The van der Waals surface area contributed by atoms with Gasteiger partial charge in [0.15, 0.2) is 6.04 Å². The Balaban J connectivity index is 2.16. The van der Waals surface area contributed by atoms with Crippen LogP contribution in [0.25, 0.3) is 0 Å². The number of nitrogens with one attached hydrogen (secondary N) is 1. The quantitative estimate of drug-likeness (QED) is 0.881. The lowest BCUT2D eigenvalue weighted by atomic mass is 10.1. The molecule has 0 saturated carbocycles. The monoisotopic (exact) mass is 259 g/mol. The molecule has 1 aromatic carbocycles. The van der Waals surface area contributed by atoms with Crippen LogP contribution in [0.3, 0.4) is 0 Å². The van der Waals surface area contributed by atoms with E-state index in [9.17, 15) is 9.59 Å². The lowest BCUT2D eigenvalue weighted by Crippen LogP contribution is -2.33. The highest BCUT2D eigenvalue weighted by Gasteiger charge is 2.24. The highest BCUT2D eigenvalue weighted by Crippen LogP contribution is 2.14. The Morgan fingerprint density at radius 1 is 1.21 bits per heavy atom. The predicted molar refractivity (Wildman–Crippen MR) is 67.7 cm³/mol. The van der Waals surface area contributed by atoms with Crippen LogP contribution < -0.4 is 5.32 Å². The van der Waals surface area contributed by atoms with Gasteiger partial charge in [-0.1, -0.05) is 17.7 Å². The van der Waals surface area contributed by atoms with Gasteiger partial charge in [0, 0.05) is 5.56 Å². The van der Waals surface area contributed by atoms with Crippen LogP contribution in [-0.2, 0) is 4.79 Å². The Morgan fingerprint density at radius 2 is 1.89 bits per heavy atom. The molecule has 1 unspecified atom stereocenters. The number of carbonyl (C=O) groups excluding carboxylic acids is 1. The summed E-state index contributed by atoms with van der Waals surface area (Å²) in [5.74, 6) is -1.44. The van der Waals surface area contributed by atoms with Crippen molar-refractivity contribution >= 4 is 11.9 Å². The fraction of sp³-hybridized carbons (Fsp3) is 0.143. The molecular weight excluding hydrogens is 246 g/mol. The van der Waals surface area contributed by atoms with Gasteiger partial charge in [0.2, 0.25) is 0 Å². The Morgan fingerprint density at radius 3 is 2.42 bits per heavy atom. The smallest absolute Gasteiger partial charge is 0.334 e. The summed E-state index contributed by atoms with van der Waals surface area (Å²) in [7, 11) is 0. The van der Waals surface area contributed by atoms with E-state index < -0.39 is 17.9 Å². The van der Waals surface area contributed by atoms with Gasteiger partial charge in [-0.15, -0.1) is 0 Å². The van der Waals surface area contributed by atoms with Crippen LogP contribution in [0.5, 0.6) is 0 Å². The number of hydrogen-bond donors (Lipinski definition) is 2. The predicted octanol–water partition coefficient (Wildman–Crippen LogP) is 2.14. The molecule has 1 heterocycles. The molecule has 98 valence electrons. The van der Waals surface area contributed by atoms with Crippen molar-refractivity contribution in [3.05, 3.63) is 59.5 Å². The Hall–Kier alpha value is -2.56. The number of benzene rings is 1. The minimum Gasteiger partial charge on any atom is -0.479 e. The number of carbonyl (C=O) groups is 2. The van der Waals surface area contributed by atoms with Gasteiger partial charge in [0.25, 0.3) is 5.91 Å². The zero-order valence-electron chi connectivity index (χ0n) is 10.3. The second-order valence-corrected chi connectivity index (χ2v) is 4.13. The van der Waals surface area contributed by atoms with E-state index in [1.54, 1.807) is 30.3 Å². The molecule has 0 aliphatic heterocycles. The average molecular weight is 259 g/mol. The van der Waals surface area contributed by atoms with Crippen molar-refractivity contribution in [3.8, 4) is 0 Å². The molecule has 1 aromatic heterocycles.